The van der Waals surface area contributed by atoms with Crippen molar-refractivity contribution in [2.75, 3.05) is 0 Å². The Hall–Kier alpha value is 0.766. The molecule has 48 heavy (non-hydrogen) atoms. The minimum absolute atomic E-state index is 0. The number of hydrogen-bond donors (Lipinski definition) is 0. The van der Waals surface area contributed by atoms with Gasteiger partial charge in [-0.3, -0.25) is 0 Å². The molecular formula is C43H79KO3S. The predicted molar refractivity (Wildman–Crippen MR) is 205 cm³/mol. The van der Waals surface area contributed by atoms with E-state index in [0.29, 0.717) is 0 Å². The van der Waals surface area contributed by atoms with Gasteiger partial charge in [0, 0.05) is 0 Å². The van der Waals surface area contributed by atoms with Crippen LogP contribution in [0.5, 0.6) is 0 Å². The molecular weight excluding hydrogens is 636 g/mol. The van der Waals surface area contributed by atoms with Crippen LogP contribution in [0, 0.1) is 0 Å². The van der Waals surface area contributed by atoms with Gasteiger partial charge in [-0.05, 0) is 30.5 Å². The molecule has 1 aromatic carbocycles. The zero-order valence-electron chi connectivity index (χ0n) is 32.4. The molecule has 0 aliphatic carbocycles. The summed E-state index contributed by atoms with van der Waals surface area (Å²) in [5.74, 6) is 0. The standard InChI is InChI=1S/C43H80O3S.K/c1-2-3-4-5-6-7-8-9-10-11-12-13-14-15-16-17-18-19-20-21-22-23-24-25-26-27-28-29-30-31-32-33-34-35-36-38-42-39-37-40-43(41-42)47(44,45)46;/h37,39-41H,2-36,38H2,1H3,(H,44,45,46);/q;+1/p-1. The fourth-order valence-electron chi connectivity index (χ4n) is 7.09. The number of unbranched alkanes of at least 4 members (excludes halogenated alkanes) is 34. The SMILES string of the molecule is CCCCCCCCCCCCCCCCCCCCCCCCCCCCCCCCCCCCCc1cccc(S(=O)(=O)[O-])c1.[K+]. The molecule has 1 rings (SSSR count). The Bertz CT molecular complexity index is 888. The fraction of sp³-hybridized carbons (Fsp3) is 0.860. The summed E-state index contributed by atoms with van der Waals surface area (Å²) >= 11 is 0. The minimum atomic E-state index is -4.35. The van der Waals surface area contributed by atoms with Crippen molar-refractivity contribution < 1.29 is 64.4 Å². The normalized spacial score (nSPS) is 11.6. The third-order valence-corrected chi connectivity index (χ3v) is 11.1. The van der Waals surface area contributed by atoms with Gasteiger partial charge in [-0.15, -0.1) is 0 Å². The molecule has 0 aliphatic heterocycles. The summed E-state index contributed by atoms with van der Waals surface area (Å²) in [4.78, 5) is -0.105. The van der Waals surface area contributed by atoms with Crippen molar-refractivity contribution in [1.82, 2.24) is 0 Å². The van der Waals surface area contributed by atoms with E-state index in [4.69, 9.17) is 0 Å². The van der Waals surface area contributed by atoms with Crippen LogP contribution in [-0.2, 0) is 16.5 Å². The number of benzene rings is 1. The molecule has 276 valence electrons. The number of aryl methyl sites for hydroxylation is 1. The van der Waals surface area contributed by atoms with Gasteiger partial charge in [0.05, 0.1) is 4.90 Å². The van der Waals surface area contributed by atoms with E-state index in [1.807, 2.05) is 6.07 Å². The van der Waals surface area contributed by atoms with Crippen LogP contribution < -0.4 is 51.4 Å². The summed E-state index contributed by atoms with van der Waals surface area (Å²) in [7, 11) is -4.35. The number of rotatable bonds is 37. The maximum Gasteiger partial charge on any atom is 1.00 e. The molecule has 0 bridgehead atoms. The van der Waals surface area contributed by atoms with Crippen molar-refractivity contribution in [2.45, 2.75) is 243 Å². The minimum Gasteiger partial charge on any atom is -0.744 e. The Morgan fingerprint density at radius 3 is 0.917 bits per heavy atom. The van der Waals surface area contributed by atoms with Gasteiger partial charge in [0.1, 0.15) is 10.1 Å². The Morgan fingerprint density at radius 1 is 0.417 bits per heavy atom. The number of hydrogen-bond acceptors (Lipinski definition) is 3. The van der Waals surface area contributed by atoms with Gasteiger partial charge in [-0.2, -0.15) is 0 Å². The molecule has 0 N–H and O–H groups in total. The second kappa shape index (κ2) is 37.5. The summed E-state index contributed by atoms with van der Waals surface area (Å²) < 4.78 is 33.5. The van der Waals surface area contributed by atoms with Crippen molar-refractivity contribution in [2.24, 2.45) is 0 Å². The van der Waals surface area contributed by atoms with E-state index < -0.39 is 10.1 Å². The summed E-state index contributed by atoms with van der Waals surface area (Å²) in [5, 5.41) is 0. The van der Waals surface area contributed by atoms with Gasteiger partial charge < -0.3 is 4.55 Å². The van der Waals surface area contributed by atoms with Crippen molar-refractivity contribution in [3.8, 4) is 0 Å². The van der Waals surface area contributed by atoms with Crippen LogP contribution in [0.4, 0.5) is 0 Å². The van der Waals surface area contributed by atoms with Crippen LogP contribution in [0.3, 0.4) is 0 Å². The summed E-state index contributed by atoms with van der Waals surface area (Å²) in [6.45, 7) is 2.30. The first-order valence-electron chi connectivity index (χ1n) is 21.1. The average Bonchev–Trinajstić information content (AvgIpc) is 3.06. The predicted octanol–water partition coefficient (Wildman–Crippen LogP) is 11.8. The Balaban J connectivity index is 0.0000221. The maximum absolute atomic E-state index is 11.2. The molecule has 0 amide bonds. The maximum atomic E-state index is 11.2. The fourth-order valence-corrected chi connectivity index (χ4v) is 7.63. The smallest absolute Gasteiger partial charge is 0.744 e. The molecule has 0 atom stereocenters. The third-order valence-electron chi connectivity index (χ3n) is 10.3. The molecule has 0 fully saturated rings. The molecule has 0 radical (unpaired) electrons. The van der Waals surface area contributed by atoms with Crippen molar-refractivity contribution >= 4 is 10.1 Å². The molecule has 5 heteroatoms. The van der Waals surface area contributed by atoms with E-state index in [-0.39, 0.29) is 56.3 Å². The van der Waals surface area contributed by atoms with E-state index in [2.05, 4.69) is 6.92 Å². The molecule has 0 spiro atoms. The van der Waals surface area contributed by atoms with Crippen LogP contribution in [0.25, 0.3) is 0 Å². The second-order valence-electron chi connectivity index (χ2n) is 14.9. The van der Waals surface area contributed by atoms with E-state index >= 15 is 0 Å². The molecule has 0 aliphatic rings. The van der Waals surface area contributed by atoms with Crippen molar-refractivity contribution in [1.29, 1.82) is 0 Å². The Labute approximate surface area is 343 Å². The van der Waals surface area contributed by atoms with Gasteiger partial charge in [0.25, 0.3) is 0 Å². The first-order chi connectivity index (χ1) is 23.0. The van der Waals surface area contributed by atoms with Gasteiger partial charge in [0.15, 0.2) is 0 Å². The molecule has 0 saturated heterocycles. The molecule has 0 heterocycles. The van der Waals surface area contributed by atoms with Gasteiger partial charge in [-0.1, -0.05) is 237 Å². The zero-order valence-corrected chi connectivity index (χ0v) is 36.3. The zero-order chi connectivity index (χ0) is 33.9. The molecule has 0 unspecified atom stereocenters. The second-order valence-corrected chi connectivity index (χ2v) is 16.3. The van der Waals surface area contributed by atoms with Gasteiger partial charge in [-0.25, -0.2) is 8.42 Å². The van der Waals surface area contributed by atoms with Crippen molar-refractivity contribution in [3.05, 3.63) is 29.8 Å². The van der Waals surface area contributed by atoms with E-state index in [1.54, 1.807) is 6.07 Å². The van der Waals surface area contributed by atoms with E-state index in [0.717, 1.165) is 18.4 Å². The van der Waals surface area contributed by atoms with Crippen molar-refractivity contribution in [3.63, 3.8) is 0 Å². The largest absolute Gasteiger partial charge is 1.00 e. The van der Waals surface area contributed by atoms with Crippen LogP contribution in [0.15, 0.2) is 29.2 Å². The molecule has 0 saturated carbocycles. The molecule has 1 aromatic rings. The first-order valence-corrected chi connectivity index (χ1v) is 22.5. The monoisotopic (exact) mass is 715 g/mol. The van der Waals surface area contributed by atoms with Crippen LogP contribution in [0.2, 0.25) is 0 Å². The Morgan fingerprint density at radius 2 is 0.667 bits per heavy atom. The summed E-state index contributed by atoms with van der Waals surface area (Å²) in [6, 6.07) is 6.51. The average molecular weight is 715 g/mol. The van der Waals surface area contributed by atoms with Crippen LogP contribution in [-0.4, -0.2) is 13.0 Å². The van der Waals surface area contributed by atoms with E-state index in [9.17, 15) is 13.0 Å². The Kier molecular flexibility index (Phi) is 38.1. The topological polar surface area (TPSA) is 57.2 Å². The van der Waals surface area contributed by atoms with Crippen LogP contribution >= 0.6 is 0 Å². The first kappa shape index (κ1) is 48.8. The molecule has 3 nitrogen and oxygen atoms in total. The molecule has 0 aromatic heterocycles. The van der Waals surface area contributed by atoms with Crippen LogP contribution in [0.1, 0.15) is 237 Å². The van der Waals surface area contributed by atoms with Gasteiger partial charge >= 0.3 is 51.4 Å². The summed E-state index contributed by atoms with van der Waals surface area (Å²) in [6.07, 6.45) is 50.5. The van der Waals surface area contributed by atoms with E-state index in [1.165, 1.54) is 230 Å². The quantitative estimate of drug-likeness (QED) is 0.0392. The third kappa shape index (κ3) is 33.9. The van der Waals surface area contributed by atoms with Gasteiger partial charge in [0.2, 0.25) is 0 Å². The summed E-state index contributed by atoms with van der Waals surface area (Å²) in [5.41, 5.74) is 0.952.